The molecule has 0 spiro atoms. The lowest BCUT2D eigenvalue weighted by Gasteiger charge is -2.01. The van der Waals surface area contributed by atoms with Crippen LogP contribution in [0, 0.1) is 11.6 Å². The van der Waals surface area contributed by atoms with Gasteiger partial charge in [-0.05, 0) is 48.5 Å². The summed E-state index contributed by atoms with van der Waals surface area (Å²) in [7, 11) is 1.89. The molecule has 3 heterocycles. The number of fused-ring (bicyclic) bond motifs is 1. The zero-order chi connectivity index (χ0) is 20.0. The molecule has 6 heteroatoms. The van der Waals surface area contributed by atoms with E-state index in [-0.39, 0.29) is 5.56 Å². The Labute approximate surface area is 165 Å². The first kappa shape index (κ1) is 17.3. The zero-order valence-electron chi connectivity index (χ0n) is 15.5. The number of rotatable bonds is 3. The lowest BCUT2D eigenvalue weighted by molar-refractivity contribution is 0.589. The Hall–Kier alpha value is -3.80. The third-order valence-corrected chi connectivity index (χ3v) is 4.99. The van der Waals surface area contributed by atoms with E-state index in [4.69, 9.17) is 0 Å². The highest BCUT2D eigenvalue weighted by Crippen LogP contribution is 2.32. The Morgan fingerprint density at radius 1 is 0.897 bits per heavy atom. The van der Waals surface area contributed by atoms with Gasteiger partial charge in [0, 0.05) is 41.5 Å². The molecule has 0 aliphatic rings. The number of benzene rings is 2. The largest absolute Gasteiger partial charge is 0.354 e. The summed E-state index contributed by atoms with van der Waals surface area (Å²) in [5.74, 6) is -1.19. The standard InChI is InChI=1S/C23H16F2N4/c1-29-22(12-20(28-29)15-4-3-9-26-13-15)14-7-8-19-16(10-14)11-21(27-19)23-17(24)5-2-6-18(23)25/h2-13,27H,1H3. The van der Waals surface area contributed by atoms with E-state index in [1.807, 2.05) is 48.1 Å². The van der Waals surface area contributed by atoms with Gasteiger partial charge in [-0.15, -0.1) is 0 Å². The molecule has 0 saturated carbocycles. The van der Waals surface area contributed by atoms with Gasteiger partial charge < -0.3 is 4.98 Å². The van der Waals surface area contributed by atoms with E-state index < -0.39 is 11.6 Å². The van der Waals surface area contributed by atoms with Crippen molar-refractivity contribution in [2.24, 2.45) is 7.05 Å². The maximum Gasteiger partial charge on any atom is 0.135 e. The summed E-state index contributed by atoms with van der Waals surface area (Å²) >= 11 is 0. The van der Waals surface area contributed by atoms with Crippen molar-refractivity contribution in [3.05, 3.63) is 84.7 Å². The van der Waals surface area contributed by atoms with Crippen LogP contribution in [-0.4, -0.2) is 19.7 Å². The molecule has 0 saturated heterocycles. The lowest BCUT2D eigenvalue weighted by Crippen LogP contribution is -1.93. The molecule has 142 valence electrons. The maximum atomic E-state index is 14.1. The van der Waals surface area contributed by atoms with Crippen molar-refractivity contribution in [1.82, 2.24) is 19.7 Å². The quantitative estimate of drug-likeness (QED) is 0.440. The van der Waals surface area contributed by atoms with E-state index in [1.54, 1.807) is 18.5 Å². The summed E-state index contributed by atoms with van der Waals surface area (Å²) in [6.07, 6.45) is 3.50. The van der Waals surface area contributed by atoms with Crippen molar-refractivity contribution < 1.29 is 8.78 Å². The number of aryl methyl sites for hydroxylation is 1. The smallest absolute Gasteiger partial charge is 0.135 e. The van der Waals surface area contributed by atoms with Gasteiger partial charge in [0.25, 0.3) is 0 Å². The Bertz CT molecular complexity index is 1320. The number of aromatic amines is 1. The fourth-order valence-electron chi connectivity index (χ4n) is 3.57. The van der Waals surface area contributed by atoms with Crippen LogP contribution in [0.5, 0.6) is 0 Å². The van der Waals surface area contributed by atoms with Crippen LogP contribution in [0.3, 0.4) is 0 Å². The van der Waals surface area contributed by atoms with Crippen LogP contribution < -0.4 is 0 Å². The van der Waals surface area contributed by atoms with E-state index in [0.717, 1.165) is 33.4 Å². The van der Waals surface area contributed by atoms with Crippen molar-refractivity contribution in [3.8, 4) is 33.8 Å². The molecule has 3 aromatic heterocycles. The maximum absolute atomic E-state index is 14.1. The first-order valence-electron chi connectivity index (χ1n) is 9.12. The number of hydrogen-bond acceptors (Lipinski definition) is 2. The Morgan fingerprint density at radius 2 is 1.72 bits per heavy atom. The molecule has 5 rings (SSSR count). The number of halogens is 2. The van der Waals surface area contributed by atoms with E-state index in [1.165, 1.54) is 18.2 Å². The molecular formula is C23H16F2N4. The average Bonchev–Trinajstić information content (AvgIpc) is 3.31. The van der Waals surface area contributed by atoms with Crippen LogP contribution >= 0.6 is 0 Å². The average molecular weight is 386 g/mol. The van der Waals surface area contributed by atoms with Crippen LogP contribution in [-0.2, 0) is 7.05 Å². The number of pyridine rings is 1. The fraction of sp³-hybridized carbons (Fsp3) is 0.0435. The van der Waals surface area contributed by atoms with Crippen molar-refractivity contribution >= 4 is 10.9 Å². The first-order chi connectivity index (χ1) is 14.1. The predicted molar refractivity (Wildman–Crippen MR) is 109 cm³/mol. The molecule has 0 amide bonds. The minimum atomic E-state index is -0.593. The van der Waals surface area contributed by atoms with Gasteiger partial charge in [-0.25, -0.2) is 8.78 Å². The van der Waals surface area contributed by atoms with E-state index in [2.05, 4.69) is 15.1 Å². The number of hydrogen-bond donors (Lipinski definition) is 1. The molecule has 5 aromatic rings. The molecule has 2 aromatic carbocycles. The molecule has 29 heavy (non-hydrogen) atoms. The number of nitrogens with zero attached hydrogens (tertiary/aromatic N) is 3. The van der Waals surface area contributed by atoms with Gasteiger partial charge in [-0.2, -0.15) is 5.10 Å². The Kier molecular flexibility index (Phi) is 3.98. The third kappa shape index (κ3) is 2.99. The van der Waals surface area contributed by atoms with Crippen LogP contribution in [0.4, 0.5) is 8.78 Å². The molecular weight excluding hydrogens is 370 g/mol. The fourth-order valence-corrected chi connectivity index (χ4v) is 3.57. The van der Waals surface area contributed by atoms with Gasteiger partial charge in [0.1, 0.15) is 11.6 Å². The van der Waals surface area contributed by atoms with Gasteiger partial charge in [-0.3, -0.25) is 9.67 Å². The molecule has 4 nitrogen and oxygen atoms in total. The second-order valence-corrected chi connectivity index (χ2v) is 6.86. The minimum absolute atomic E-state index is 0.0513. The van der Waals surface area contributed by atoms with Crippen molar-refractivity contribution in [2.45, 2.75) is 0 Å². The SMILES string of the molecule is Cn1nc(-c2cccnc2)cc1-c1ccc2[nH]c(-c3c(F)cccc3F)cc2c1. The van der Waals surface area contributed by atoms with E-state index in [0.29, 0.717) is 5.69 Å². The number of nitrogens with one attached hydrogen (secondary N) is 1. The first-order valence-corrected chi connectivity index (χ1v) is 9.12. The molecule has 0 atom stereocenters. The predicted octanol–water partition coefficient (Wildman–Crippen LogP) is 5.58. The molecule has 0 radical (unpaired) electrons. The van der Waals surface area contributed by atoms with Gasteiger partial charge in [0.05, 0.1) is 22.6 Å². The van der Waals surface area contributed by atoms with Gasteiger partial charge in [-0.1, -0.05) is 12.1 Å². The Morgan fingerprint density at radius 3 is 2.48 bits per heavy atom. The van der Waals surface area contributed by atoms with Gasteiger partial charge >= 0.3 is 0 Å². The van der Waals surface area contributed by atoms with E-state index >= 15 is 0 Å². The lowest BCUT2D eigenvalue weighted by atomic mass is 10.1. The molecule has 0 fully saturated rings. The van der Waals surface area contributed by atoms with Crippen LogP contribution in [0.15, 0.2) is 73.1 Å². The second-order valence-electron chi connectivity index (χ2n) is 6.86. The van der Waals surface area contributed by atoms with Crippen LogP contribution in [0.25, 0.3) is 44.7 Å². The summed E-state index contributed by atoms with van der Waals surface area (Å²) < 4.78 is 30.1. The highest BCUT2D eigenvalue weighted by atomic mass is 19.1. The monoisotopic (exact) mass is 386 g/mol. The summed E-state index contributed by atoms with van der Waals surface area (Å²) in [6, 6.07) is 17.3. The zero-order valence-corrected chi connectivity index (χ0v) is 15.5. The van der Waals surface area contributed by atoms with Crippen LogP contribution in [0.2, 0.25) is 0 Å². The van der Waals surface area contributed by atoms with Crippen LogP contribution in [0.1, 0.15) is 0 Å². The molecule has 1 N–H and O–H groups in total. The normalized spacial score (nSPS) is 11.3. The Balaban J connectivity index is 1.59. The van der Waals surface area contributed by atoms with Crippen molar-refractivity contribution in [3.63, 3.8) is 0 Å². The molecule has 0 unspecified atom stereocenters. The molecule has 0 aliphatic heterocycles. The highest BCUT2D eigenvalue weighted by molar-refractivity contribution is 5.89. The second kappa shape index (κ2) is 6.67. The van der Waals surface area contributed by atoms with Crippen molar-refractivity contribution in [2.75, 3.05) is 0 Å². The minimum Gasteiger partial charge on any atom is -0.354 e. The molecule has 0 aliphatic carbocycles. The summed E-state index contributed by atoms with van der Waals surface area (Å²) in [5.41, 5.74) is 4.83. The van der Waals surface area contributed by atoms with Gasteiger partial charge in [0.2, 0.25) is 0 Å². The van der Waals surface area contributed by atoms with Gasteiger partial charge in [0.15, 0.2) is 0 Å². The summed E-state index contributed by atoms with van der Waals surface area (Å²) in [5, 5.41) is 5.45. The summed E-state index contributed by atoms with van der Waals surface area (Å²) in [6.45, 7) is 0. The van der Waals surface area contributed by atoms with Crippen molar-refractivity contribution in [1.29, 1.82) is 0 Å². The highest BCUT2D eigenvalue weighted by Gasteiger charge is 2.15. The van der Waals surface area contributed by atoms with E-state index in [9.17, 15) is 8.78 Å². The third-order valence-electron chi connectivity index (χ3n) is 4.99. The topological polar surface area (TPSA) is 46.5 Å². The summed E-state index contributed by atoms with van der Waals surface area (Å²) in [4.78, 5) is 7.25. The number of H-pyrrole nitrogens is 1. The number of aromatic nitrogens is 4. The molecule has 0 bridgehead atoms.